The van der Waals surface area contributed by atoms with Crippen LogP contribution in [0.2, 0.25) is 0 Å². The number of hydrogen-bond donors (Lipinski definition) is 1. The van der Waals surface area contributed by atoms with E-state index in [1.165, 1.54) is 0 Å². The number of hydrogen-bond acceptors (Lipinski definition) is 4. The summed E-state index contributed by atoms with van der Waals surface area (Å²) in [5.74, 6) is 0.422. The number of amides is 3. The van der Waals surface area contributed by atoms with E-state index >= 15 is 0 Å². The molecule has 3 aliphatic rings. The molecule has 1 aromatic rings. The summed E-state index contributed by atoms with van der Waals surface area (Å²) in [5, 5.41) is 2.97. The topological polar surface area (TPSA) is 79.0 Å². The summed E-state index contributed by atoms with van der Waals surface area (Å²) in [6.07, 6.45) is 3.45. The molecule has 0 radical (unpaired) electrons. The van der Waals surface area contributed by atoms with Crippen molar-refractivity contribution in [2.45, 2.75) is 57.6 Å². The Morgan fingerprint density at radius 3 is 2.69 bits per heavy atom. The lowest BCUT2D eigenvalue weighted by atomic mass is 9.94. The van der Waals surface area contributed by atoms with Crippen LogP contribution in [0, 0.1) is 6.92 Å². The highest BCUT2D eigenvalue weighted by Gasteiger charge is 2.42. The standard InChI is InChI=1S/C22H29N3O4/c1-15-5-6-18-17(13-15)20(27)23-14-22(29-18)8-7-19(26)25(12-9-22)16(2)21(28)24-10-3-4-11-24/h5-6,13,16H,3-4,7-12,14H2,1-2H3,(H,23,27). The Balaban J connectivity index is 1.52. The van der Waals surface area contributed by atoms with Crippen LogP contribution in [0.1, 0.15) is 54.9 Å². The molecule has 1 spiro atoms. The van der Waals surface area contributed by atoms with Gasteiger partial charge in [0, 0.05) is 32.5 Å². The molecular weight excluding hydrogens is 370 g/mol. The Kier molecular flexibility index (Phi) is 5.23. The maximum atomic E-state index is 12.9. The third-order valence-corrected chi connectivity index (χ3v) is 6.44. The van der Waals surface area contributed by atoms with Crippen LogP contribution >= 0.6 is 0 Å². The van der Waals surface area contributed by atoms with Crippen LogP contribution in [0.25, 0.3) is 0 Å². The third kappa shape index (κ3) is 3.82. The van der Waals surface area contributed by atoms with Crippen LogP contribution < -0.4 is 10.1 Å². The van der Waals surface area contributed by atoms with E-state index in [1.807, 2.05) is 36.9 Å². The van der Waals surface area contributed by atoms with Gasteiger partial charge in [0.05, 0.1) is 12.1 Å². The molecule has 29 heavy (non-hydrogen) atoms. The summed E-state index contributed by atoms with van der Waals surface area (Å²) >= 11 is 0. The van der Waals surface area contributed by atoms with Gasteiger partial charge in [-0.05, 0) is 45.2 Å². The smallest absolute Gasteiger partial charge is 0.255 e. The van der Waals surface area contributed by atoms with Gasteiger partial charge in [0.15, 0.2) is 0 Å². The van der Waals surface area contributed by atoms with Crippen molar-refractivity contribution in [2.24, 2.45) is 0 Å². The van der Waals surface area contributed by atoms with E-state index in [0.29, 0.717) is 43.7 Å². The molecule has 0 saturated carbocycles. The van der Waals surface area contributed by atoms with Gasteiger partial charge in [-0.1, -0.05) is 11.6 Å². The quantitative estimate of drug-likeness (QED) is 0.824. The highest BCUT2D eigenvalue weighted by Crippen LogP contribution is 2.34. The Morgan fingerprint density at radius 1 is 1.17 bits per heavy atom. The van der Waals surface area contributed by atoms with E-state index in [2.05, 4.69) is 5.32 Å². The molecule has 2 saturated heterocycles. The number of benzene rings is 1. The number of likely N-dealkylation sites (tertiary alicyclic amines) is 2. The Morgan fingerprint density at radius 2 is 1.93 bits per heavy atom. The Bertz CT molecular complexity index is 833. The van der Waals surface area contributed by atoms with E-state index in [1.54, 1.807) is 4.90 Å². The molecule has 0 aromatic heterocycles. The van der Waals surface area contributed by atoms with Crippen molar-refractivity contribution in [2.75, 3.05) is 26.2 Å². The van der Waals surface area contributed by atoms with Crippen LogP contribution in [0.3, 0.4) is 0 Å². The van der Waals surface area contributed by atoms with E-state index in [9.17, 15) is 14.4 Å². The molecule has 7 heteroatoms. The zero-order chi connectivity index (χ0) is 20.6. The lowest BCUT2D eigenvalue weighted by molar-refractivity contribution is -0.144. The molecule has 156 valence electrons. The molecule has 4 rings (SSSR count). The minimum atomic E-state index is -0.642. The molecule has 3 amide bonds. The number of aryl methyl sites for hydroxylation is 1. The van der Waals surface area contributed by atoms with E-state index in [4.69, 9.17) is 4.74 Å². The Labute approximate surface area is 171 Å². The predicted octanol–water partition coefficient (Wildman–Crippen LogP) is 1.88. The van der Waals surface area contributed by atoms with Gasteiger partial charge in [0.1, 0.15) is 17.4 Å². The molecule has 2 fully saturated rings. The van der Waals surface area contributed by atoms with Crippen LogP contribution in [0.15, 0.2) is 18.2 Å². The first kappa shape index (κ1) is 19.7. The fourth-order valence-corrected chi connectivity index (χ4v) is 4.59. The van der Waals surface area contributed by atoms with Crippen molar-refractivity contribution in [3.8, 4) is 5.75 Å². The van der Waals surface area contributed by atoms with Gasteiger partial charge >= 0.3 is 0 Å². The molecule has 1 aromatic carbocycles. The SMILES string of the molecule is Cc1ccc2c(c1)C(=O)NCC1(CCC(=O)N(C(C)C(=O)N3CCCC3)CC1)O2. The molecule has 0 aliphatic carbocycles. The molecule has 2 unspecified atom stereocenters. The van der Waals surface area contributed by atoms with E-state index in [0.717, 1.165) is 31.5 Å². The second-order valence-electron chi connectivity index (χ2n) is 8.51. The van der Waals surface area contributed by atoms with Gasteiger partial charge in [-0.15, -0.1) is 0 Å². The van der Waals surface area contributed by atoms with Crippen molar-refractivity contribution in [1.29, 1.82) is 0 Å². The van der Waals surface area contributed by atoms with Crippen molar-refractivity contribution in [1.82, 2.24) is 15.1 Å². The first-order valence-corrected chi connectivity index (χ1v) is 10.5. The van der Waals surface area contributed by atoms with Gasteiger partial charge < -0.3 is 19.9 Å². The largest absolute Gasteiger partial charge is 0.485 e. The monoisotopic (exact) mass is 399 g/mol. The number of nitrogens with one attached hydrogen (secondary N) is 1. The average Bonchev–Trinajstić information content (AvgIpc) is 3.15. The number of carbonyl (C=O) groups excluding carboxylic acids is 3. The molecule has 0 bridgehead atoms. The highest BCUT2D eigenvalue weighted by atomic mass is 16.5. The average molecular weight is 399 g/mol. The highest BCUT2D eigenvalue weighted by molar-refractivity contribution is 5.97. The zero-order valence-corrected chi connectivity index (χ0v) is 17.2. The fourth-order valence-electron chi connectivity index (χ4n) is 4.59. The fraction of sp³-hybridized carbons (Fsp3) is 0.591. The molecule has 3 heterocycles. The summed E-state index contributed by atoms with van der Waals surface area (Å²) in [5.41, 5.74) is 0.888. The van der Waals surface area contributed by atoms with Gasteiger partial charge in [0.2, 0.25) is 11.8 Å². The molecule has 2 atom stereocenters. The zero-order valence-electron chi connectivity index (χ0n) is 17.2. The second kappa shape index (κ2) is 7.69. The van der Waals surface area contributed by atoms with Gasteiger partial charge in [-0.2, -0.15) is 0 Å². The number of rotatable bonds is 2. The molecule has 3 aliphatic heterocycles. The minimum Gasteiger partial charge on any atom is -0.485 e. The van der Waals surface area contributed by atoms with Crippen LogP contribution in [-0.2, 0) is 9.59 Å². The van der Waals surface area contributed by atoms with E-state index in [-0.39, 0.29) is 17.7 Å². The van der Waals surface area contributed by atoms with Crippen molar-refractivity contribution < 1.29 is 19.1 Å². The summed E-state index contributed by atoms with van der Waals surface area (Å²) in [4.78, 5) is 41.7. The van der Waals surface area contributed by atoms with Gasteiger partial charge in [-0.25, -0.2) is 0 Å². The molecular formula is C22H29N3O4. The number of ether oxygens (including phenoxy) is 1. The van der Waals surface area contributed by atoms with Gasteiger partial charge in [0.25, 0.3) is 5.91 Å². The summed E-state index contributed by atoms with van der Waals surface area (Å²) in [6.45, 7) is 6.12. The number of nitrogens with zero attached hydrogens (tertiary/aromatic N) is 2. The van der Waals surface area contributed by atoms with Crippen molar-refractivity contribution >= 4 is 17.7 Å². The summed E-state index contributed by atoms with van der Waals surface area (Å²) in [6, 6.07) is 5.12. The first-order valence-electron chi connectivity index (χ1n) is 10.5. The number of fused-ring (bicyclic) bond motifs is 1. The van der Waals surface area contributed by atoms with E-state index < -0.39 is 11.6 Å². The predicted molar refractivity (Wildman–Crippen MR) is 108 cm³/mol. The maximum absolute atomic E-state index is 12.9. The normalized spacial score (nSPS) is 25.7. The van der Waals surface area contributed by atoms with Gasteiger partial charge in [-0.3, -0.25) is 14.4 Å². The molecule has 7 nitrogen and oxygen atoms in total. The van der Waals surface area contributed by atoms with Crippen molar-refractivity contribution in [3.05, 3.63) is 29.3 Å². The first-order chi connectivity index (χ1) is 13.9. The van der Waals surface area contributed by atoms with Crippen LogP contribution in [0.5, 0.6) is 5.75 Å². The minimum absolute atomic E-state index is 0.0229. The molecule has 1 N–H and O–H groups in total. The van der Waals surface area contributed by atoms with Crippen LogP contribution in [-0.4, -0.2) is 65.3 Å². The summed E-state index contributed by atoms with van der Waals surface area (Å²) < 4.78 is 6.37. The lowest BCUT2D eigenvalue weighted by Gasteiger charge is -2.33. The van der Waals surface area contributed by atoms with Crippen LogP contribution in [0.4, 0.5) is 0 Å². The third-order valence-electron chi connectivity index (χ3n) is 6.44. The second-order valence-corrected chi connectivity index (χ2v) is 8.51. The van der Waals surface area contributed by atoms with Crippen molar-refractivity contribution in [3.63, 3.8) is 0 Å². The summed E-state index contributed by atoms with van der Waals surface area (Å²) in [7, 11) is 0. The lowest BCUT2D eigenvalue weighted by Crippen LogP contribution is -2.49. The maximum Gasteiger partial charge on any atom is 0.255 e. The Hall–Kier alpha value is -2.57. The number of carbonyl (C=O) groups is 3.